The molecule has 0 atom stereocenters. The van der Waals surface area contributed by atoms with Gasteiger partial charge in [-0.05, 0) is 36.6 Å². The summed E-state index contributed by atoms with van der Waals surface area (Å²) in [5, 5.41) is 16.3. The van der Waals surface area contributed by atoms with Crippen molar-refractivity contribution in [1.82, 2.24) is 10.3 Å². The second-order valence-corrected chi connectivity index (χ2v) is 6.97. The lowest BCUT2D eigenvalue weighted by Gasteiger charge is -2.17. The highest BCUT2D eigenvalue weighted by molar-refractivity contribution is 7.09. The molecule has 8 nitrogen and oxygen atoms in total. The Morgan fingerprint density at radius 3 is 2.96 bits per heavy atom. The summed E-state index contributed by atoms with van der Waals surface area (Å²) in [6.45, 7) is 0.618. The first-order valence-electron chi connectivity index (χ1n) is 8.51. The molecule has 0 unspecified atom stereocenters. The Bertz CT molecular complexity index is 864. The lowest BCUT2D eigenvalue weighted by molar-refractivity contribution is -0.121. The number of thiazole rings is 1. The van der Waals surface area contributed by atoms with E-state index < -0.39 is 5.97 Å². The molecule has 1 aromatic heterocycles. The topological polar surface area (TPSA) is 118 Å². The van der Waals surface area contributed by atoms with Gasteiger partial charge in [0, 0.05) is 23.9 Å². The average Bonchev–Trinajstić information content (AvgIpc) is 3.13. The number of hydrogen-bond acceptors (Lipinski definition) is 6. The number of anilines is 1. The van der Waals surface area contributed by atoms with Gasteiger partial charge in [-0.15, -0.1) is 11.3 Å². The number of carboxylic acid groups (broad SMARTS) is 1. The molecule has 0 bridgehead atoms. The fourth-order valence-electron chi connectivity index (χ4n) is 2.63. The molecule has 2 amide bonds. The van der Waals surface area contributed by atoms with Crippen LogP contribution in [-0.2, 0) is 22.6 Å². The number of aromatic carboxylic acids is 1. The number of carbonyl (C=O) groups is 3. The van der Waals surface area contributed by atoms with E-state index in [0.717, 1.165) is 11.3 Å². The van der Waals surface area contributed by atoms with Crippen molar-refractivity contribution in [3.05, 3.63) is 39.8 Å². The van der Waals surface area contributed by atoms with Crippen molar-refractivity contribution >= 4 is 34.8 Å². The minimum Gasteiger partial charge on any atom is -0.494 e. The van der Waals surface area contributed by atoms with E-state index in [-0.39, 0.29) is 24.1 Å². The number of nitrogens with zero attached hydrogens (tertiary/aromatic N) is 1. The third-order valence-electron chi connectivity index (χ3n) is 4.00. The molecular formula is C18H19N3O5S. The van der Waals surface area contributed by atoms with Crippen LogP contribution in [0.4, 0.5) is 5.69 Å². The van der Waals surface area contributed by atoms with Crippen molar-refractivity contribution in [3.8, 4) is 5.75 Å². The van der Waals surface area contributed by atoms with Crippen molar-refractivity contribution in [2.75, 3.05) is 11.9 Å². The first-order chi connectivity index (χ1) is 13.0. The van der Waals surface area contributed by atoms with Gasteiger partial charge in [-0.3, -0.25) is 9.59 Å². The molecule has 0 saturated heterocycles. The highest BCUT2D eigenvalue weighted by Gasteiger charge is 2.15. The standard InChI is InChI=1S/C18H19N3O5S/c22-15(19-9-17-21-14(10-27-17)18(24)25)2-1-7-26-12-4-5-13-11(8-12)3-6-16(23)20-13/h4-5,8,10H,1-3,6-7,9H2,(H,19,22)(H,20,23)(H,24,25). The predicted molar refractivity (Wildman–Crippen MR) is 99.0 cm³/mol. The summed E-state index contributed by atoms with van der Waals surface area (Å²) in [4.78, 5) is 37.9. The van der Waals surface area contributed by atoms with Gasteiger partial charge >= 0.3 is 5.97 Å². The van der Waals surface area contributed by atoms with E-state index in [4.69, 9.17) is 9.84 Å². The summed E-state index contributed by atoms with van der Waals surface area (Å²) in [5.41, 5.74) is 1.86. The average molecular weight is 389 g/mol. The van der Waals surface area contributed by atoms with E-state index >= 15 is 0 Å². The Morgan fingerprint density at radius 1 is 1.33 bits per heavy atom. The first-order valence-corrected chi connectivity index (χ1v) is 9.39. The molecule has 1 aliphatic rings. The van der Waals surface area contributed by atoms with Gasteiger partial charge in [0.05, 0.1) is 13.2 Å². The Balaban J connectivity index is 1.36. The fraction of sp³-hybridized carbons (Fsp3) is 0.333. The number of rotatable bonds is 8. The molecule has 0 spiro atoms. The zero-order valence-electron chi connectivity index (χ0n) is 14.5. The molecule has 1 aliphatic heterocycles. The largest absolute Gasteiger partial charge is 0.494 e. The van der Waals surface area contributed by atoms with Crippen LogP contribution in [-0.4, -0.2) is 34.5 Å². The van der Waals surface area contributed by atoms with E-state index in [9.17, 15) is 14.4 Å². The number of carboxylic acids is 1. The third-order valence-corrected chi connectivity index (χ3v) is 4.85. The molecule has 3 rings (SSSR count). The molecule has 0 radical (unpaired) electrons. The van der Waals surface area contributed by atoms with Gasteiger partial charge in [0.25, 0.3) is 0 Å². The zero-order chi connectivity index (χ0) is 19.2. The number of aromatic nitrogens is 1. The molecule has 0 fully saturated rings. The highest BCUT2D eigenvalue weighted by Crippen LogP contribution is 2.26. The molecule has 3 N–H and O–H groups in total. The Hall–Kier alpha value is -2.94. The number of benzene rings is 1. The van der Waals surface area contributed by atoms with Gasteiger partial charge in [-0.2, -0.15) is 0 Å². The number of aryl methyl sites for hydroxylation is 1. The van der Waals surface area contributed by atoms with Crippen molar-refractivity contribution in [2.45, 2.75) is 32.2 Å². The summed E-state index contributed by atoms with van der Waals surface area (Å²) >= 11 is 1.20. The van der Waals surface area contributed by atoms with Crippen LogP contribution in [0, 0.1) is 0 Å². The molecule has 9 heteroatoms. The zero-order valence-corrected chi connectivity index (χ0v) is 15.3. The molecule has 2 aromatic rings. The minimum absolute atomic E-state index is 0.0118. The summed E-state index contributed by atoms with van der Waals surface area (Å²) in [6.07, 6.45) is 2.03. The summed E-state index contributed by atoms with van der Waals surface area (Å²) < 4.78 is 5.67. The smallest absolute Gasteiger partial charge is 0.355 e. The van der Waals surface area contributed by atoms with Crippen molar-refractivity contribution in [1.29, 1.82) is 0 Å². The Kier molecular flexibility index (Phi) is 6.02. The van der Waals surface area contributed by atoms with Crippen molar-refractivity contribution in [3.63, 3.8) is 0 Å². The predicted octanol–water partition coefficient (Wildman–Crippen LogP) is 2.20. The summed E-state index contributed by atoms with van der Waals surface area (Å²) in [6, 6.07) is 5.54. The Morgan fingerprint density at radius 2 is 2.19 bits per heavy atom. The maximum atomic E-state index is 11.8. The second-order valence-electron chi connectivity index (χ2n) is 6.03. The number of nitrogens with one attached hydrogen (secondary N) is 2. The van der Waals surface area contributed by atoms with Crippen molar-refractivity contribution in [2.24, 2.45) is 0 Å². The fourth-order valence-corrected chi connectivity index (χ4v) is 3.33. The van der Waals surface area contributed by atoms with Crippen LogP contribution in [0.5, 0.6) is 5.75 Å². The molecule has 142 valence electrons. The van der Waals surface area contributed by atoms with Crippen LogP contribution in [0.15, 0.2) is 23.6 Å². The van der Waals surface area contributed by atoms with Crippen LogP contribution in [0.1, 0.15) is 40.3 Å². The SMILES string of the molecule is O=C(CCCOc1ccc2c(c1)CCC(=O)N2)NCc1nc(C(=O)O)cs1. The lowest BCUT2D eigenvalue weighted by atomic mass is 10.0. The van der Waals surface area contributed by atoms with Gasteiger partial charge in [0.1, 0.15) is 10.8 Å². The number of hydrogen-bond donors (Lipinski definition) is 3. The van der Waals surface area contributed by atoms with Gasteiger partial charge in [0.15, 0.2) is 5.69 Å². The molecule has 1 aromatic carbocycles. The number of amides is 2. The van der Waals surface area contributed by atoms with Gasteiger partial charge < -0.3 is 20.5 Å². The molecule has 2 heterocycles. The van der Waals surface area contributed by atoms with Crippen LogP contribution in [0.2, 0.25) is 0 Å². The normalized spacial score (nSPS) is 12.8. The van der Waals surface area contributed by atoms with Crippen LogP contribution < -0.4 is 15.4 Å². The van der Waals surface area contributed by atoms with Gasteiger partial charge in [-0.1, -0.05) is 0 Å². The lowest BCUT2D eigenvalue weighted by Crippen LogP contribution is -2.23. The van der Waals surface area contributed by atoms with Crippen LogP contribution >= 0.6 is 11.3 Å². The monoisotopic (exact) mass is 389 g/mol. The van der Waals surface area contributed by atoms with Crippen molar-refractivity contribution < 1.29 is 24.2 Å². The number of fused-ring (bicyclic) bond motifs is 1. The quantitative estimate of drug-likeness (QED) is 0.596. The van der Waals surface area contributed by atoms with E-state index in [1.54, 1.807) is 6.07 Å². The molecule has 0 saturated carbocycles. The summed E-state index contributed by atoms with van der Waals surface area (Å²) in [7, 11) is 0. The van der Waals surface area contributed by atoms with E-state index in [2.05, 4.69) is 15.6 Å². The maximum Gasteiger partial charge on any atom is 0.355 e. The van der Waals surface area contributed by atoms with Crippen LogP contribution in [0.25, 0.3) is 0 Å². The van der Waals surface area contributed by atoms with Gasteiger partial charge in [0.2, 0.25) is 11.8 Å². The Labute approximate surface area is 159 Å². The van der Waals surface area contributed by atoms with E-state index in [1.165, 1.54) is 16.7 Å². The highest BCUT2D eigenvalue weighted by atomic mass is 32.1. The second kappa shape index (κ2) is 8.63. The summed E-state index contributed by atoms with van der Waals surface area (Å²) in [5.74, 6) is -0.474. The third kappa shape index (κ3) is 5.27. The number of carbonyl (C=O) groups excluding carboxylic acids is 2. The molecule has 0 aliphatic carbocycles. The van der Waals surface area contributed by atoms with E-state index in [0.29, 0.717) is 43.0 Å². The maximum absolute atomic E-state index is 11.8. The van der Waals surface area contributed by atoms with E-state index in [1.807, 2.05) is 12.1 Å². The molecule has 27 heavy (non-hydrogen) atoms. The van der Waals surface area contributed by atoms with Gasteiger partial charge in [-0.25, -0.2) is 9.78 Å². The van der Waals surface area contributed by atoms with Crippen LogP contribution in [0.3, 0.4) is 0 Å². The first kappa shape index (κ1) is 18.8. The number of ether oxygens (including phenoxy) is 1. The molecular weight excluding hydrogens is 370 g/mol. The minimum atomic E-state index is -1.08.